The van der Waals surface area contributed by atoms with E-state index in [-0.39, 0.29) is 0 Å². The van der Waals surface area contributed by atoms with E-state index in [0.717, 1.165) is 12.7 Å². The van der Waals surface area contributed by atoms with E-state index in [4.69, 9.17) is 0 Å². The first kappa shape index (κ1) is 7.03. The molecule has 0 amide bonds. The first-order valence-corrected chi connectivity index (χ1v) is 3.79. The van der Waals surface area contributed by atoms with E-state index >= 15 is 0 Å². The van der Waals surface area contributed by atoms with Crippen molar-refractivity contribution >= 4 is 0 Å². The van der Waals surface area contributed by atoms with Gasteiger partial charge in [-0.1, -0.05) is 6.92 Å². The van der Waals surface area contributed by atoms with Crippen LogP contribution in [0, 0.1) is 0 Å². The SMILES string of the molecule is CCC1CC(C)NCN1. The van der Waals surface area contributed by atoms with Gasteiger partial charge in [-0.15, -0.1) is 0 Å². The zero-order valence-corrected chi connectivity index (χ0v) is 6.28. The summed E-state index contributed by atoms with van der Waals surface area (Å²) in [5, 5.41) is 6.72. The van der Waals surface area contributed by atoms with Crippen molar-refractivity contribution in [3.63, 3.8) is 0 Å². The van der Waals surface area contributed by atoms with Crippen molar-refractivity contribution in [1.29, 1.82) is 0 Å². The minimum absolute atomic E-state index is 0.705. The summed E-state index contributed by atoms with van der Waals surface area (Å²) in [6.07, 6.45) is 2.53. The average Bonchev–Trinajstić information content (AvgIpc) is 1.88. The second-order valence-electron chi connectivity index (χ2n) is 2.83. The monoisotopic (exact) mass is 128 g/mol. The van der Waals surface area contributed by atoms with E-state index in [0.29, 0.717) is 6.04 Å². The van der Waals surface area contributed by atoms with Crippen molar-refractivity contribution in [2.75, 3.05) is 6.67 Å². The summed E-state index contributed by atoms with van der Waals surface area (Å²) in [5.74, 6) is 0. The Bertz CT molecular complexity index is 83.0. The molecule has 2 N–H and O–H groups in total. The minimum atomic E-state index is 0.705. The summed E-state index contributed by atoms with van der Waals surface area (Å²) in [7, 11) is 0. The molecule has 2 unspecified atom stereocenters. The first-order valence-electron chi connectivity index (χ1n) is 3.79. The average molecular weight is 128 g/mol. The quantitative estimate of drug-likeness (QED) is 0.543. The summed E-state index contributed by atoms with van der Waals surface area (Å²) in [6, 6.07) is 1.46. The summed E-state index contributed by atoms with van der Waals surface area (Å²) in [4.78, 5) is 0. The van der Waals surface area contributed by atoms with Crippen molar-refractivity contribution in [2.24, 2.45) is 0 Å². The van der Waals surface area contributed by atoms with Gasteiger partial charge in [-0.3, -0.25) is 0 Å². The lowest BCUT2D eigenvalue weighted by Crippen LogP contribution is -2.49. The van der Waals surface area contributed by atoms with Gasteiger partial charge in [0.2, 0.25) is 0 Å². The molecular weight excluding hydrogens is 112 g/mol. The molecule has 1 fully saturated rings. The molecule has 9 heavy (non-hydrogen) atoms. The Morgan fingerprint density at radius 3 is 2.67 bits per heavy atom. The van der Waals surface area contributed by atoms with Gasteiger partial charge >= 0.3 is 0 Å². The third kappa shape index (κ3) is 1.95. The van der Waals surface area contributed by atoms with Crippen LogP contribution in [0.15, 0.2) is 0 Å². The van der Waals surface area contributed by atoms with Crippen LogP contribution in [0.25, 0.3) is 0 Å². The van der Waals surface area contributed by atoms with Crippen LogP contribution in [0.5, 0.6) is 0 Å². The molecule has 0 bridgehead atoms. The molecule has 0 saturated carbocycles. The van der Waals surface area contributed by atoms with Crippen LogP contribution in [0.3, 0.4) is 0 Å². The molecule has 1 aliphatic heterocycles. The van der Waals surface area contributed by atoms with Crippen molar-refractivity contribution in [3.8, 4) is 0 Å². The largest absolute Gasteiger partial charge is 0.302 e. The number of rotatable bonds is 1. The fourth-order valence-electron chi connectivity index (χ4n) is 1.28. The third-order valence-electron chi connectivity index (χ3n) is 1.97. The molecule has 0 aromatic carbocycles. The molecule has 0 spiro atoms. The fourth-order valence-corrected chi connectivity index (χ4v) is 1.28. The predicted molar refractivity (Wildman–Crippen MR) is 39.3 cm³/mol. The maximum absolute atomic E-state index is 3.39. The molecule has 2 atom stereocenters. The van der Waals surface area contributed by atoms with E-state index in [1.807, 2.05) is 0 Å². The van der Waals surface area contributed by atoms with E-state index in [9.17, 15) is 0 Å². The van der Waals surface area contributed by atoms with Gasteiger partial charge < -0.3 is 10.6 Å². The van der Waals surface area contributed by atoms with Gasteiger partial charge in [0.05, 0.1) is 0 Å². The highest BCUT2D eigenvalue weighted by atomic mass is 15.1. The summed E-state index contributed by atoms with van der Waals surface area (Å²) >= 11 is 0. The summed E-state index contributed by atoms with van der Waals surface area (Å²) in [5.41, 5.74) is 0. The van der Waals surface area contributed by atoms with Gasteiger partial charge in [-0.2, -0.15) is 0 Å². The molecule has 54 valence electrons. The van der Waals surface area contributed by atoms with Gasteiger partial charge in [0, 0.05) is 18.8 Å². The standard InChI is InChI=1S/C7H16N2/c1-3-7-4-6(2)8-5-9-7/h6-9H,3-5H2,1-2H3. The Labute approximate surface area is 57.0 Å². The Morgan fingerprint density at radius 2 is 2.22 bits per heavy atom. The van der Waals surface area contributed by atoms with Gasteiger partial charge in [0.15, 0.2) is 0 Å². The second kappa shape index (κ2) is 3.18. The third-order valence-corrected chi connectivity index (χ3v) is 1.97. The van der Waals surface area contributed by atoms with Crippen LogP contribution in [0.1, 0.15) is 26.7 Å². The number of hydrogen-bond acceptors (Lipinski definition) is 2. The minimum Gasteiger partial charge on any atom is -0.302 e. The van der Waals surface area contributed by atoms with Gasteiger partial charge in [0.25, 0.3) is 0 Å². The molecule has 0 aromatic heterocycles. The zero-order valence-electron chi connectivity index (χ0n) is 6.28. The van der Waals surface area contributed by atoms with Crippen LogP contribution < -0.4 is 10.6 Å². The summed E-state index contributed by atoms with van der Waals surface area (Å²) < 4.78 is 0. The highest BCUT2D eigenvalue weighted by Crippen LogP contribution is 2.04. The Hall–Kier alpha value is -0.0800. The van der Waals surface area contributed by atoms with Gasteiger partial charge in [-0.05, 0) is 19.8 Å². The molecule has 2 heteroatoms. The predicted octanol–water partition coefficient (Wildman–Crippen LogP) is 0.694. The van der Waals surface area contributed by atoms with E-state index in [2.05, 4.69) is 24.5 Å². The van der Waals surface area contributed by atoms with Crippen LogP contribution in [0.2, 0.25) is 0 Å². The van der Waals surface area contributed by atoms with Crippen LogP contribution in [-0.2, 0) is 0 Å². The topological polar surface area (TPSA) is 24.1 Å². The Balaban J connectivity index is 2.23. The smallest absolute Gasteiger partial charge is 0.0458 e. The maximum atomic E-state index is 3.39. The zero-order chi connectivity index (χ0) is 6.69. The molecule has 1 aliphatic rings. The number of hydrogen-bond donors (Lipinski definition) is 2. The van der Waals surface area contributed by atoms with Crippen LogP contribution in [0.4, 0.5) is 0 Å². The first-order chi connectivity index (χ1) is 4.33. The molecule has 1 saturated heterocycles. The lowest BCUT2D eigenvalue weighted by atomic mass is 10.0. The highest BCUT2D eigenvalue weighted by molar-refractivity contribution is 4.76. The molecular formula is C7H16N2. The molecule has 1 rings (SSSR count). The van der Waals surface area contributed by atoms with Gasteiger partial charge in [0.1, 0.15) is 0 Å². The molecule has 0 aromatic rings. The van der Waals surface area contributed by atoms with Crippen molar-refractivity contribution < 1.29 is 0 Å². The Morgan fingerprint density at radius 1 is 1.44 bits per heavy atom. The summed E-state index contributed by atoms with van der Waals surface area (Å²) in [6.45, 7) is 5.46. The van der Waals surface area contributed by atoms with Crippen molar-refractivity contribution in [3.05, 3.63) is 0 Å². The van der Waals surface area contributed by atoms with E-state index in [1.54, 1.807) is 0 Å². The number of nitrogens with one attached hydrogen (secondary N) is 2. The fraction of sp³-hybridized carbons (Fsp3) is 1.00. The second-order valence-corrected chi connectivity index (χ2v) is 2.83. The molecule has 2 nitrogen and oxygen atoms in total. The maximum Gasteiger partial charge on any atom is 0.0458 e. The van der Waals surface area contributed by atoms with Crippen LogP contribution in [-0.4, -0.2) is 18.8 Å². The highest BCUT2D eigenvalue weighted by Gasteiger charge is 2.14. The van der Waals surface area contributed by atoms with E-state index < -0.39 is 0 Å². The molecule has 0 aliphatic carbocycles. The van der Waals surface area contributed by atoms with Crippen molar-refractivity contribution in [2.45, 2.75) is 38.8 Å². The Kier molecular flexibility index (Phi) is 2.49. The van der Waals surface area contributed by atoms with E-state index in [1.165, 1.54) is 12.8 Å². The molecule has 0 radical (unpaired) electrons. The lowest BCUT2D eigenvalue weighted by molar-refractivity contribution is 0.322. The normalized spacial score (nSPS) is 36.7. The van der Waals surface area contributed by atoms with Gasteiger partial charge in [-0.25, -0.2) is 0 Å². The lowest BCUT2D eigenvalue weighted by Gasteiger charge is -2.28. The van der Waals surface area contributed by atoms with Crippen molar-refractivity contribution in [1.82, 2.24) is 10.6 Å². The van der Waals surface area contributed by atoms with Crippen LogP contribution >= 0.6 is 0 Å². The molecule has 1 heterocycles.